The Kier molecular flexibility index (Phi) is 6.24. The number of nitrogens with one attached hydrogen (secondary N) is 1. The number of sulfonamides is 1. The minimum atomic E-state index is -3.41. The number of hydrogen-bond acceptors (Lipinski definition) is 6. The molecular formula is C23H26ClN5O4S. The van der Waals surface area contributed by atoms with E-state index in [1.807, 2.05) is 33.6 Å². The van der Waals surface area contributed by atoms with Crippen molar-refractivity contribution in [1.82, 2.24) is 19.2 Å². The fraction of sp³-hybridized carbons (Fsp3) is 0.391. The van der Waals surface area contributed by atoms with E-state index < -0.39 is 10.0 Å². The SMILES string of the molecule is CS(=O)(=O)Nc1ccc2nc(-c3ccc(Cl)cc3)c(CN3CCN(C(=O)C4COC4)CC3)n2c1. The predicted octanol–water partition coefficient (Wildman–Crippen LogP) is 2.32. The Morgan fingerprint density at radius 1 is 1.12 bits per heavy atom. The van der Waals surface area contributed by atoms with Crippen LogP contribution in [-0.4, -0.2) is 79.2 Å². The number of aromatic nitrogens is 2. The van der Waals surface area contributed by atoms with Gasteiger partial charge < -0.3 is 9.64 Å². The zero-order chi connectivity index (χ0) is 23.9. The van der Waals surface area contributed by atoms with Gasteiger partial charge in [-0.15, -0.1) is 0 Å². The third-order valence-corrected chi connectivity index (χ3v) is 7.04. The van der Waals surface area contributed by atoms with Gasteiger partial charge in [-0.2, -0.15) is 0 Å². The van der Waals surface area contributed by atoms with Crippen LogP contribution in [0.5, 0.6) is 0 Å². The molecule has 2 aromatic heterocycles. The lowest BCUT2D eigenvalue weighted by atomic mass is 10.1. The largest absolute Gasteiger partial charge is 0.380 e. The molecule has 0 unspecified atom stereocenters. The predicted molar refractivity (Wildman–Crippen MR) is 130 cm³/mol. The first-order chi connectivity index (χ1) is 16.3. The first-order valence-corrected chi connectivity index (χ1v) is 13.4. The van der Waals surface area contributed by atoms with Gasteiger partial charge in [0.1, 0.15) is 5.65 Å². The highest BCUT2D eigenvalue weighted by Gasteiger charge is 2.32. The second-order valence-corrected chi connectivity index (χ2v) is 11.0. The van der Waals surface area contributed by atoms with Crippen LogP contribution in [0.4, 0.5) is 5.69 Å². The molecule has 5 rings (SSSR count). The Labute approximate surface area is 203 Å². The molecule has 0 aliphatic carbocycles. The summed E-state index contributed by atoms with van der Waals surface area (Å²) >= 11 is 6.09. The van der Waals surface area contributed by atoms with Gasteiger partial charge in [-0.1, -0.05) is 23.7 Å². The average Bonchev–Trinajstić information content (AvgIpc) is 3.10. The quantitative estimate of drug-likeness (QED) is 0.554. The number of piperazine rings is 1. The summed E-state index contributed by atoms with van der Waals surface area (Å²) in [6.07, 6.45) is 2.89. The Morgan fingerprint density at radius 3 is 2.44 bits per heavy atom. The van der Waals surface area contributed by atoms with Crippen LogP contribution in [0.2, 0.25) is 5.02 Å². The second kappa shape index (κ2) is 9.18. The molecule has 2 saturated heterocycles. The summed E-state index contributed by atoms with van der Waals surface area (Å²) in [6.45, 7) is 4.48. The van der Waals surface area contributed by atoms with Crippen molar-refractivity contribution in [3.63, 3.8) is 0 Å². The van der Waals surface area contributed by atoms with E-state index in [0.29, 0.717) is 43.6 Å². The molecule has 180 valence electrons. The number of halogens is 1. The molecule has 2 aliphatic heterocycles. The van der Waals surface area contributed by atoms with Gasteiger partial charge in [0, 0.05) is 49.5 Å². The van der Waals surface area contributed by atoms with Crippen LogP contribution < -0.4 is 4.72 Å². The number of carbonyl (C=O) groups is 1. The first-order valence-electron chi connectivity index (χ1n) is 11.1. The zero-order valence-corrected chi connectivity index (χ0v) is 20.3. The molecular weight excluding hydrogens is 478 g/mol. The number of rotatable bonds is 6. The van der Waals surface area contributed by atoms with Crippen LogP contribution in [0.25, 0.3) is 16.9 Å². The van der Waals surface area contributed by atoms with Crippen molar-refractivity contribution in [2.45, 2.75) is 6.54 Å². The maximum atomic E-state index is 12.5. The van der Waals surface area contributed by atoms with E-state index in [9.17, 15) is 13.2 Å². The maximum Gasteiger partial charge on any atom is 0.230 e. The van der Waals surface area contributed by atoms with Gasteiger partial charge >= 0.3 is 0 Å². The van der Waals surface area contributed by atoms with Crippen LogP contribution in [0, 0.1) is 5.92 Å². The number of benzene rings is 1. The Balaban J connectivity index is 1.43. The molecule has 34 heavy (non-hydrogen) atoms. The number of anilines is 1. The number of hydrogen-bond donors (Lipinski definition) is 1. The topological polar surface area (TPSA) is 96.3 Å². The van der Waals surface area contributed by atoms with Gasteiger partial charge in [-0.3, -0.25) is 18.8 Å². The van der Waals surface area contributed by atoms with Crippen molar-refractivity contribution in [2.24, 2.45) is 5.92 Å². The van der Waals surface area contributed by atoms with Crippen molar-refractivity contribution in [3.8, 4) is 11.3 Å². The van der Waals surface area contributed by atoms with Crippen LogP contribution >= 0.6 is 11.6 Å². The molecule has 0 radical (unpaired) electrons. The maximum absolute atomic E-state index is 12.5. The minimum absolute atomic E-state index is 0.00240. The van der Waals surface area contributed by atoms with E-state index in [1.54, 1.807) is 18.3 Å². The number of fused-ring (bicyclic) bond motifs is 1. The number of imidazole rings is 1. The Bertz CT molecular complexity index is 1310. The van der Waals surface area contributed by atoms with Crippen LogP contribution in [0.15, 0.2) is 42.6 Å². The molecule has 0 spiro atoms. The first kappa shape index (κ1) is 23.1. The lowest BCUT2D eigenvalue weighted by molar-refractivity contribution is -0.151. The summed E-state index contributed by atoms with van der Waals surface area (Å²) in [5, 5.41) is 0.645. The highest BCUT2D eigenvalue weighted by atomic mass is 35.5. The third kappa shape index (κ3) is 4.90. The Hall–Kier alpha value is -2.66. The number of nitrogens with zero attached hydrogens (tertiary/aromatic N) is 4. The third-order valence-electron chi connectivity index (χ3n) is 6.18. The average molecular weight is 504 g/mol. The highest BCUT2D eigenvalue weighted by molar-refractivity contribution is 7.92. The van der Waals surface area contributed by atoms with E-state index in [1.165, 1.54) is 0 Å². The number of ether oxygens (including phenoxy) is 1. The van der Waals surface area contributed by atoms with Crippen molar-refractivity contribution < 1.29 is 17.9 Å². The van der Waals surface area contributed by atoms with Crippen molar-refractivity contribution in [3.05, 3.63) is 53.3 Å². The van der Waals surface area contributed by atoms with E-state index in [4.69, 9.17) is 21.3 Å². The summed E-state index contributed by atoms with van der Waals surface area (Å²) in [7, 11) is -3.41. The van der Waals surface area contributed by atoms with Gasteiger partial charge in [-0.05, 0) is 24.3 Å². The summed E-state index contributed by atoms with van der Waals surface area (Å²) in [4.78, 5) is 21.6. The summed E-state index contributed by atoms with van der Waals surface area (Å²) < 4.78 is 33.2. The molecule has 0 atom stereocenters. The molecule has 1 amide bonds. The number of carbonyl (C=O) groups excluding carboxylic acids is 1. The van der Waals surface area contributed by atoms with E-state index in [-0.39, 0.29) is 11.8 Å². The fourth-order valence-electron chi connectivity index (χ4n) is 4.33. The minimum Gasteiger partial charge on any atom is -0.380 e. The van der Waals surface area contributed by atoms with E-state index >= 15 is 0 Å². The molecule has 2 fully saturated rings. The molecule has 4 heterocycles. The summed E-state index contributed by atoms with van der Waals surface area (Å²) in [5.74, 6) is 0.182. The van der Waals surface area contributed by atoms with E-state index in [2.05, 4.69) is 9.62 Å². The molecule has 1 aromatic carbocycles. The van der Waals surface area contributed by atoms with Crippen molar-refractivity contribution in [2.75, 3.05) is 50.4 Å². The second-order valence-electron chi connectivity index (χ2n) is 8.77. The van der Waals surface area contributed by atoms with E-state index in [0.717, 1.165) is 41.9 Å². The van der Waals surface area contributed by atoms with Crippen molar-refractivity contribution >= 4 is 38.9 Å². The molecule has 9 nitrogen and oxygen atoms in total. The van der Waals surface area contributed by atoms with Gasteiger partial charge in [0.2, 0.25) is 15.9 Å². The zero-order valence-electron chi connectivity index (χ0n) is 18.8. The summed E-state index contributed by atoms with van der Waals surface area (Å²) in [5.41, 5.74) is 3.88. The lowest BCUT2D eigenvalue weighted by Crippen LogP contribution is -2.53. The van der Waals surface area contributed by atoms with Gasteiger partial charge in [0.15, 0.2) is 0 Å². The molecule has 1 N–H and O–H groups in total. The molecule has 0 bridgehead atoms. The normalized spacial score (nSPS) is 17.6. The van der Waals surface area contributed by atoms with Gasteiger partial charge in [0.25, 0.3) is 0 Å². The molecule has 0 saturated carbocycles. The number of amides is 1. The van der Waals surface area contributed by atoms with Crippen LogP contribution in [0.1, 0.15) is 5.69 Å². The standard InChI is InChI=1S/C23H26ClN5O4S/c1-34(31,32)26-19-6-7-21-25-22(16-2-4-18(24)5-3-16)20(29(21)12-19)13-27-8-10-28(11-9-27)23(30)17-14-33-15-17/h2-7,12,17,26H,8-11,13-15H2,1H3. The van der Waals surface area contributed by atoms with Crippen molar-refractivity contribution in [1.29, 1.82) is 0 Å². The smallest absolute Gasteiger partial charge is 0.230 e. The highest BCUT2D eigenvalue weighted by Crippen LogP contribution is 2.28. The molecule has 3 aromatic rings. The monoisotopic (exact) mass is 503 g/mol. The van der Waals surface area contributed by atoms with Crippen LogP contribution in [0.3, 0.4) is 0 Å². The molecule has 2 aliphatic rings. The summed E-state index contributed by atoms with van der Waals surface area (Å²) in [6, 6.07) is 11.0. The fourth-order valence-corrected chi connectivity index (χ4v) is 5.01. The van der Waals surface area contributed by atoms with Gasteiger partial charge in [-0.25, -0.2) is 13.4 Å². The van der Waals surface area contributed by atoms with Gasteiger partial charge in [0.05, 0.1) is 42.5 Å². The Morgan fingerprint density at radius 2 is 1.82 bits per heavy atom. The lowest BCUT2D eigenvalue weighted by Gasteiger charge is -2.38. The molecule has 11 heteroatoms. The van der Waals surface area contributed by atoms with Crippen LogP contribution in [-0.2, 0) is 26.1 Å². The number of pyridine rings is 1.